The largest absolute Gasteiger partial charge is 0.341 e. The van der Waals surface area contributed by atoms with E-state index in [9.17, 15) is 9.59 Å². The molecule has 2 aromatic heterocycles. The van der Waals surface area contributed by atoms with Crippen LogP contribution in [0.4, 0.5) is 0 Å². The molecule has 1 unspecified atom stereocenters. The lowest BCUT2D eigenvalue weighted by Crippen LogP contribution is -2.39. The minimum Gasteiger partial charge on any atom is -0.341 e. The Morgan fingerprint density at radius 2 is 2.23 bits per heavy atom. The van der Waals surface area contributed by atoms with Crippen LogP contribution in [0.1, 0.15) is 35.5 Å². The van der Waals surface area contributed by atoms with Crippen molar-refractivity contribution in [2.24, 2.45) is 0 Å². The lowest BCUT2D eigenvalue weighted by Gasteiger charge is -2.23. The van der Waals surface area contributed by atoms with Gasteiger partial charge in [-0.2, -0.15) is 0 Å². The molecule has 4 rings (SSSR count). The van der Waals surface area contributed by atoms with Crippen molar-refractivity contribution in [3.05, 3.63) is 26.6 Å². The van der Waals surface area contributed by atoms with Gasteiger partial charge in [-0.15, -0.1) is 23.1 Å². The van der Waals surface area contributed by atoms with Crippen LogP contribution in [0.25, 0.3) is 10.2 Å². The molecule has 0 bridgehead atoms. The molecule has 1 aliphatic carbocycles. The molecule has 1 aliphatic heterocycles. The number of carbonyl (C=O) groups is 1. The van der Waals surface area contributed by atoms with Crippen molar-refractivity contribution in [2.75, 3.05) is 25.9 Å². The number of H-pyrrole nitrogens is 1. The number of amides is 1. The lowest BCUT2D eigenvalue weighted by molar-refractivity contribution is -0.128. The Bertz CT molecular complexity index is 870. The van der Waals surface area contributed by atoms with E-state index in [0.29, 0.717) is 23.4 Å². The van der Waals surface area contributed by atoms with Crippen molar-refractivity contribution in [3.8, 4) is 0 Å². The number of nitrogens with zero attached hydrogens (tertiary/aromatic N) is 2. The first kappa shape index (κ1) is 18.0. The zero-order valence-electron chi connectivity index (χ0n) is 15.0. The summed E-state index contributed by atoms with van der Waals surface area (Å²) < 4.78 is 0. The number of aromatic nitrogens is 2. The molecule has 3 heterocycles. The Morgan fingerprint density at radius 1 is 1.38 bits per heavy atom. The van der Waals surface area contributed by atoms with Gasteiger partial charge in [0.15, 0.2) is 0 Å². The van der Waals surface area contributed by atoms with E-state index >= 15 is 0 Å². The van der Waals surface area contributed by atoms with E-state index < -0.39 is 0 Å². The molecule has 26 heavy (non-hydrogen) atoms. The van der Waals surface area contributed by atoms with E-state index in [2.05, 4.69) is 15.3 Å². The van der Waals surface area contributed by atoms with Crippen LogP contribution in [-0.2, 0) is 23.4 Å². The standard InChI is InChI=1S/C18H24N4O2S2/c1-22(11-6-7-19-8-11)15(23)10-25-9-14-20-17(24)16-12-4-2-3-5-13(12)26-18(16)21-14/h11,19H,2-10H2,1H3,(H,20,21,24). The van der Waals surface area contributed by atoms with Crippen molar-refractivity contribution in [2.45, 2.75) is 43.9 Å². The van der Waals surface area contributed by atoms with Crippen LogP contribution < -0.4 is 10.9 Å². The van der Waals surface area contributed by atoms with Gasteiger partial charge in [0.2, 0.25) is 5.91 Å². The minimum atomic E-state index is -0.0227. The SMILES string of the molecule is CN(C(=O)CSCc1nc2sc3c(c2c(=O)[nH]1)CCCC3)C1CCNC1. The van der Waals surface area contributed by atoms with Gasteiger partial charge in [-0.3, -0.25) is 9.59 Å². The highest BCUT2D eigenvalue weighted by Crippen LogP contribution is 2.33. The maximum Gasteiger partial charge on any atom is 0.259 e. The summed E-state index contributed by atoms with van der Waals surface area (Å²) in [4.78, 5) is 36.5. The minimum absolute atomic E-state index is 0.0227. The van der Waals surface area contributed by atoms with Gasteiger partial charge in [0.1, 0.15) is 10.7 Å². The molecule has 1 atom stereocenters. The molecule has 0 radical (unpaired) electrons. The van der Waals surface area contributed by atoms with Crippen LogP contribution in [0.2, 0.25) is 0 Å². The van der Waals surface area contributed by atoms with Crippen LogP contribution in [0, 0.1) is 0 Å². The van der Waals surface area contributed by atoms with Crippen molar-refractivity contribution in [1.82, 2.24) is 20.2 Å². The van der Waals surface area contributed by atoms with Crippen molar-refractivity contribution >= 4 is 39.2 Å². The number of nitrogens with one attached hydrogen (secondary N) is 2. The maximum atomic E-state index is 12.5. The first-order chi connectivity index (χ1) is 12.6. The van der Waals surface area contributed by atoms with Crippen molar-refractivity contribution < 1.29 is 4.79 Å². The fourth-order valence-corrected chi connectivity index (χ4v) is 5.88. The molecule has 1 saturated heterocycles. The molecular weight excluding hydrogens is 368 g/mol. The van der Waals surface area contributed by atoms with Gasteiger partial charge in [0.25, 0.3) is 5.56 Å². The molecule has 2 aromatic rings. The second-order valence-electron chi connectivity index (χ2n) is 7.05. The third-order valence-electron chi connectivity index (χ3n) is 5.31. The van der Waals surface area contributed by atoms with Gasteiger partial charge in [-0.05, 0) is 44.2 Å². The van der Waals surface area contributed by atoms with Gasteiger partial charge in [-0.1, -0.05) is 0 Å². The monoisotopic (exact) mass is 392 g/mol. The second kappa shape index (κ2) is 7.70. The molecule has 140 valence electrons. The van der Waals surface area contributed by atoms with E-state index in [-0.39, 0.29) is 11.5 Å². The number of thioether (sulfide) groups is 1. The summed E-state index contributed by atoms with van der Waals surface area (Å²) in [5.74, 6) is 1.77. The quantitative estimate of drug-likeness (QED) is 0.813. The highest BCUT2D eigenvalue weighted by Gasteiger charge is 2.23. The Kier molecular flexibility index (Phi) is 5.33. The van der Waals surface area contributed by atoms with E-state index in [4.69, 9.17) is 0 Å². The number of aryl methyl sites for hydroxylation is 2. The number of hydrogen-bond donors (Lipinski definition) is 2. The Morgan fingerprint density at radius 3 is 3.04 bits per heavy atom. The van der Waals surface area contributed by atoms with E-state index in [0.717, 1.165) is 49.0 Å². The summed E-state index contributed by atoms with van der Waals surface area (Å²) in [6.45, 7) is 1.85. The smallest absolute Gasteiger partial charge is 0.259 e. The predicted molar refractivity (Wildman–Crippen MR) is 107 cm³/mol. The summed E-state index contributed by atoms with van der Waals surface area (Å²) in [5, 5.41) is 4.08. The first-order valence-electron chi connectivity index (χ1n) is 9.21. The zero-order valence-corrected chi connectivity index (χ0v) is 16.6. The number of likely N-dealkylation sites (N-methyl/N-ethyl adjacent to an activating group) is 1. The van der Waals surface area contributed by atoms with Crippen molar-refractivity contribution in [1.29, 1.82) is 0 Å². The van der Waals surface area contributed by atoms with Crippen LogP contribution >= 0.6 is 23.1 Å². The Hall–Kier alpha value is -1.38. The normalized spacial score (nSPS) is 19.7. The average Bonchev–Trinajstić information content (AvgIpc) is 3.28. The van der Waals surface area contributed by atoms with E-state index in [1.807, 2.05) is 11.9 Å². The maximum absolute atomic E-state index is 12.5. The van der Waals surface area contributed by atoms with Crippen LogP contribution in [0.15, 0.2) is 4.79 Å². The van der Waals surface area contributed by atoms with Gasteiger partial charge in [0, 0.05) is 24.5 Å². The van der Waals surface area contributed by atoms with Gasteiger partial charge in [-0.25, -0.2) is 4.98 Å². The topological polar surface area (TPSA) is 78.1 Å². The first-order valence-corrected chi connectivity index (χ1v) is 11.2. The number of fused-ring (bicyclic) bond motifs is 3. The summed E-state index contributed by atoms with van der Waals surface area (Å²) in [7, 11) is 1.88. The summed E-state index contributed by atoms with van der Waals surface area (Å²) in [6, 6.07) is 0.301. The molecular formula is C18H24N4O2S2. The molecule has 8 heteroatoms. The molecule has 2 aliphatic rings. The second-order valence-corrected chi connectivity index (χ2v) is 9.12. The highest BCUT2D eigenvalue weighted by atomic mass is 32.2. The van der Waals surface area contributed by atoms with Gasteiger partial charge >= 0.3 is 0 Å². The Labute approximate surface area is 160 Å². The highest BCUT2D eigenvalue weighted by molar-refractivity contribution is 7.99. The predicted octanol–water partition coefficient (Wildman–Crippen LogP) is 1.92. The average molecular weight is 393 g/mol. The fourth-order valence-electron chi connectivity index (χ4n) is 3.79. The summed E-state index contributed by atoms with van der Waals surface area (Å²) >= 11 is 3.18. The van der Waals surface area contributed by atoms with Crippen LogP contribution in [0.5, 0.6) is 0 Å². The molecule has 1 amide bonds. The summed E-state index contributed by atoms with van der Waals surface area (Å²) in [6.07, 6.45) is 5.43. The van der Waals surface area contributed by atoms with Crippen LogP contribution in [-0.4, -0.2) is 52.7 Å². The number of rotatable bonds is 5. The molecule has 1 fully saturated rings. The fraction of sp³-hybridized carbons (Fsp3) is 0.611. The van der Waals surface area contributed by atoms with E-state index in [1.165, 1.54) is 28.6 Å². The third-order valence-corrected chi connectivity index (χ3v) is 7.43. The van der Waals surface area contributed by atoms with Crippen molar-refractivity contribution in [3.63, 3.8) is 0 Å². The number of aromatic amines is 1. The van der Waals surface area contributed by atoms with Gasteiger partial charge in [0.05, 0.1) is 16.9 Å². The number of carbonyl (C=O) groups excluding carboxylic acids is 1. The lowest BCUT2D eigenvalue weighted by atomic mass is 9.97. The number of thiophene rings is 1. The Balaban J connectivity index is 1.41. The summed E-state index contributed by atoms with van der Waals surface area (Å²) in [5.41, 5.74) is 1.19. The van der Waals surface area contributed by atoms with E-state index in [1.54, 1.807) is 11.3 Å². The zero-order chi connectivity index (χ0) is 18.1. The number of hydrogen-bond acceptors (Lipinski definition) is 6. The third kappa shape index (κ3) is 3.54. The molecule has 0 saturated carbocycles. The molecule has 6 nitrogen and oxygen atoms in total. The van der Waals surface area contributed by atoms with Crippen LogP contribution in [0.3, 0.4) is 0 Å². The molecule has 2 N–H and O–H groups in total. The van der Waals surface area contributed by atoms with Gasteiger partial charge < -0.3 is 15.2 Å². The molecule has 0 aromatic carbocycles. The molecule has 0 spiro atoms.